The second kappa shape index (κ2) is 7.41. The summed E-state index contributed by atoms with van der Waals surface area (Å²) in [5.41, 5.74) is 0. The molecule has 1 amide bonds. The lowest BCUT2D eigenvalue weighted by Crippen LogP contribution is -2.35. The van der Waals surface area contributed by atoms with Gasteiger partial charge in [-0.3, -0.25) is 9.89 Å². The monoisotopic (exact) mass is 278 g/mol. The van der Waals surface area contributed by atoms with Gasteiger partial charge in [-0.2, -0.15) is 5.10 Å². The summed E-state index contributed by atoms with van der Waals surface area (Å²) in [6.45, 7) is 4.18. The molecule has 1 fully saturated rings. The number of H-pyrrole nitrogens is 1. The molecule has 0 radical (unpaired) electrons. The van der Waals surface area contributed by atoms with Gasteiger partial charge in [0.05, 0.1) is 6.04 Å². The first-order valence-corrected chi connectivity index (χ1v) is 7.86. The van der Waals surface area contributed by atoms with Crippen LogP contribution in [0.15, 0.2) is 6.33 Å². The van der Waals surface area contributed by atoms with Gasteiger partial charge >= 0.3 is 0 Å². The fourth-order valence-electron chi connectivity index (χ4n) is 3.03. The molecule has 1 aliphatic carbocycles. The van der Waals surface area contributed by atoms with Crippen LogP contribution in [0.3, 0.4) is 0 Å². The van der Waals surface area contributed by atoms with Crippen LogP contribution < -0.4 is 5.32 Å². The number of aromatic nitrogens is 3. The highest BCUT2D eigenvalue weighted by atomic mass is 16.1. The number of hydrogen-bond donors (Lipinski definition) is 2. The van der Waals surface area contributed by atoms with Gasteiger partial charge in [0.25, 0.3) is 0 Å². The van der Waals surface area contributed by atoms with Crippen LogP contribution in [-0.4, -0.2) is 21.1 Å². The quantitative estimate of drug-likeness (QED) is 0.840. The van der Waals surface area contributed by atoms with Gasteiger partial charge in [0.2, 0.25) is 5.91 Å². The van der Waals surface area contributed by atoms with Crippen LogP contribution in [0.25, 0.3) is 0 Å². The Hall–Kier alpha value is -1.39. The highest BCUT2D eigenvalue weighted by Gasteiger charge is 2.27. The second-order valence-electron chi connectivity index (χ2n) is 5.96. The fourth-order valence-corrected chi connectivity index (χ4v) is 3.03. The van der Waals surface area contributed by atoms with Gasteiger partial charge in [-0.1, -0.05) is 26.2 Å². The van der Waals surface area contributed by atoms with Crippen LogP contribution >= 0.6 is 0 Å². The fraction of sp³-hybridized carbons (Fsp3) is 0.800. The molecule has 0 aromatic carbocycles. The number of carbonyl (C=O) groups is 1. The van der Waals surface area contributed by atoms with Crippen molar-refractivity contribution in [2.45, 2.75) is 64.8 Å². The average Bonchev–Trinajstić information content (AvgIpc) is 3.00. The lowest BCUT2D eigenvalue weighted by molar-refractivity contribution is -0.127. The minimum absolute atomic E-state index is 0.0946. The number of nitrogens with one attached hydrogen (secondary N) is 2. The molecule has 1 aromatic heterocycles. The van der Waals surface area contributed by atoms with Crippen LogP contribution in [0.1, 0.15) is 70.7 Å². The number of hydrogen-bond acceptors (Lipinski definition) is 3. The van der Waals surface area contributed by atoms with E-state index < -0.39 is 0 Å². The first-order valence-electron chi connectivity index (χ1n) is 7.86. The largest absolute Gasteiger partial charge is 0.346 e. The molecule has 5 nitrogen and oxygen atoms in total. The smallest absolute Gasteiger partial charge is 0.223 e. The van der Waals surface area contributed by atoms with E-state index in [1.807, 2.05) is 6.92 Å². The van der Waals surface area contributed by atoms with E-state index in [2.05, 4.69) is 27.4 Å². The normalized spacial score (nSPS) is 24.3. The lowest BCUT2D eigenvalue weighted by atomic mass is 9.79. The third kappa shape index (κ3) is 4.05. The Morgan fingerprint density at radius 1 is 1.45 bits per heavy atom. The molecule has 1 saturated carbocycles. The number of rotatable bonds is 6. The third-order valence-corrected chi connectivity index (χ3v) is 4.39. The molecule has 0 saturated heterocycles. The second-order valence-corrected chi connectivity index (χ2v) is 5.96. The van der Waals surface area contributed by atoms with E-state index in [1.165, 1.54) is 38.4 Å². The van der Waals surface area contributed by atoms with Gasteiger partial charge in [0, 0.05) is 5.92 Å². The molecule has 1 aliphatic rings. The predicted octanol–water partition coefficient (Wildman–Crippen LogP) is 2.98. The van der Waals surface area contributed by atoms with Gasteiger partial charge < -0.3 is 5.32 Å². The Kier molecular flexibility index (Phi) is 5.56. The molecule has 5 heteroatoms. The standard InChI is InChI=1S/C15H26N4O/c1-3-4-5-12-6-8-13(9-7-12)15(20)18-11(2)14-16-10-17-19-14/h10-13H,3-9H2,1-2H3,(H,18,20)(H,16,17,19). The third-order valence-electron chi connectivity index (χ3n) is 4.39. The van der Waals surface area contributed by atoms with Crippen molar-refractivity contribution < 1.29 is 4.79 Å². The Balaban J connectivity index is 1.74. The van der Waals surface area contributed by atoms with Crippen LogP contribution in [0.4, 0.5) is 0 Å². The molecule has 2 N–H and O–H groups in total. The molecule has 20 heavy (non-hydrogen) atoms. The topological polar surface area (TPSA) is 70.7 Å². The minimum Gasteiger partial charge on any atom is -0.346 e. The maximum absolute atomic E-state index is 12.3. The molecule has 2 rings (SSSR count). The van der Waals surface area contributed by atoms with E-state index in [0.29, 0.717) is 0 Å². The van der Waals surface area contributed by atoms with Gasteiger partial charge in [-0.05, 0) is 38.5 Å². The highest BCUT2D eigenvalue weighted by molar-refractivity contribution is 5.79. The van der Waals surface area contributed by atoms with E-state index in [4.69, 9.17) is 0 Å². The Labute approximate surface area is 120 Å². The predicted molar refractivity (Wildman–Crippen MR) is 77.9 cm³/mol. The summed E-state index contributed by atoms with van der Waals surface area (Å²) in [7, 11) is 0. The molecule has 1 unspecified atom stereocenters. The Bertz CT molecular complexity index is 396. The first kappa shape index (κ1) is 15.0. The summed E-state index contributed by atoms with van der Waals surface area (Å²) in [5.74, 6) is 1.90. The summed E-state index contributed by atoms with van der Waals surface area (Å²) in [5, 5.41) is 9.65. The minimum atomic E-state index is -0.0946. The maximum Gasteiger partial charge on any atom is 0.223 e. The molecule has 0 spiro atoms. The molecule has 112 valence electrons. The van der Waals surface area contributed by atoms with Gasteiger partial charge in [-0.15, -0.1) is 0 Å². The van der Waals surface area contributed by atoms with E-state index in [0.717, 1.165) is 24.6 Å². The van der Waals surface area contributed by atoms with Crippen LogP contribution in [0.5, 0.6) is 0 Å². The molecule has 1 heterocycles. The van der Waals surface area contributed by atoms with Crippen LogP contribution in [0, 0.1) is 11.8 Å². The van der Waals surface area contributed by atoms with E-state index in [-0.39, 0.29) is 17.9 Å². The van der Waals surface area contributed by atoms with Crippen LogP contribution in [0.2, 0.25) is 0 Å². The van der Waals surface area contributed by atoms with E-state index in [9.17, 15) is 4.79 Å². The average molecular weight is 278 g/mol. The molecule has 0 bridgehead atoms. The zero-order valence-corrected chi connectivity index (χ0v) is 12.6. The Morgan fingerprint density at radius 3 is 2.80 bits per heavy atom. The van der Waals surface area contributed by atoms with Gasteiger partial charge in [-0.25, -0.2) is 4.98 Å². The number of carbonyl (C=O) groups excluding carboxylic acids is 1. The van der Waals surface area contributed by atoms with E-state index >= 15 is 0 Å². The van der Waals surface area contributed by atoms with Crippen molar-refractivity contribution in [1.82, 2.24) is 20.5 Å². The van der Waals surface area contributed by atoms with Crippen molar-refractivity contribution in [1.29, 1.82) is 0 Å². The first-order chi connectivity index (χ1) is 9.70. The van der Waals surface area contributed by atoms with Crippen molar-refractivity contribution in [3.63, 3.8) is 0 Å². The summed E-state index contributed by atoms with van der Waals surface area (Å²) < 4.78 is 0. The number of amides is 1. The number of unbranched alkanes of at least 4 members (excludes halogenated alkanes) is 1. The SMILES string of the molecule is CCCCC1CCC(C(=O)NC(C)c2ncn[nH]2)CC1. The molecular formula is C15H26N4O. The van der Waals surface area contributed by atoms with Crippen molar-refractivity contribution in [2.75, 3.05) is 0 Å². The Morgan fingerprint density at radius 2 is 2.20 bits per heavy atom. The summed E-state index contributed by atoms with van der Waals surface area (Å²) >= 11 is 0. The van der Waals surface area contributed by atoms with Gasteiger partial charge in [0.15, 0.2) is 0 Å². The molecule has 1 aromatic rings. The highest BCUT2D eigenvalue weighted by Crippen LogP contribution is 2.32. The maximum atomic E-state index is 12.3. The molecule has 1 atom stereocenters. The molecular weight excluding hydrogens is 252 g/mol. The van der Waals surface area contributed by atoms with Crippen molar-refractivity contribution >= 4 is 5.91 Å². The number of aromatic amines is 1. The van der Waals surface area contributed by atoms with Crippen LogP contribution in [-0.2, 0) is 4.79 Å². The van der Waals surface area contributed by atoms with E-state index in [1.54, 1.807) is 0 Å². The summed E-state index contributed by atoms with van der Waals surface area (Å²) in [4.78, 5) is 16.3. The summed E-state index contributed by atoms with van der Waals surface area (Å²) in [6, 6.07) is -0.0946. The zero-order valence-electron chi connectivity index (χ0n) is 12.6. The summed E-state index contributed by atoms with van der Waals surface area (Å²) in [6.07, 6.45) is 9.87. The van der Waals surface area contributed by atoms with Crippen molar-refractivity contribution in [3.05, 3.63) is 12.2 Å². The van der Waals surface area contributed by atoms with Crippen molar-refractivity contribution in [2.24, 2.45) is 11.8 Å². The molecule has 0 aliphatic heterocycles. The van der Waals surface area contributed by atoms with Gasteiger partial charge in [0.1, 0.15) is 12.2 Å². The lowest BCUT2D eigenvalue weighted by Gasteiger charge is -2.28. The zero-order chi connectivity index (χ0) is 14.4. The number of nitrogens with zero attached hydrogens (tertiary/aromatic N) is 2. The van der Waals surface area contributed by atoms with Crippen molar-refractivity contribution in [3.8, 4) is 0 Å².